The second kappa shape index (κ2) is 10.2. The van der Waals surface area contributed by atoms with E-state index in [-0.39, 0.29) is 24.1 Å². The monoisotopic (exact) mass is 690 g/mol. The van der Waals surface area contributed by atoms with E-state index in [0.29, 0.717) is 34.8 Å². The molecule has 2 atom stereocenters. The molecule has 0 saturated heterocycles. The van der Waals surface area contributed by atoms with Crippen LogP contribution in [0.2, 0.25) is 0 Å². The maximum Gasteiger partial charge on any atom is 0.346 e. The second-order valence-electron chi connectivity index (χ2n) is 9.26. The van der Waals surface area contributed by atoms with Gasteiger partial charge in [-0.15, -0.1) is 0 Å². The van der Waals surface area contributed by atoms with Gasteiger partial charge in [-0.3, -0.25) is 9.69 Å². The zero-order valence-electron chi connectivity index (χ0n) is 19.8. The lowest BCUT2D eigenvalue weighted by Gasteiger charge is -2.35. The second-order valence-corrected chi connectivity index (χ2v) is 15.5. The Morgan fingerprint density at radius 1 is 1.38 bits per heavy atom. The van der Waals surface area contributed by atoms with Gasteiger partial charge in [-0.1, -0.05) is 45.2 Å². The van der Waals surface area contributed by atoms with E-state index in [9.17, 15) is 9.59 Å². The van der Waals surface area contributed by atoms with Gasteiger partial charge in [0.05, 0.1) is 21.0 Å². The molecular weight excluding hydrogens is 660 g/mol. The maximum absolute atomic E-state index is 13.6. The van der Waals surface area contributed by atoms with E-state index in [1.54, 1.807) is 26.2 Å². The lowest BCUT2D eigenvalue weighted by atomic mass is 9.84. The molecule has 34 heavy (non-hydrogen) atoms. The molecule has 1 saturated carbocycles. The predicted molar refractivity (Wildman–Crippen MR) is 148 cm³/mol. The Hall–Kier alpha value is -1.54. The fraction of sp³-hybridized carbons (Fsp3) is 0.500. The van der Waals surface area contributed by atoms with Crippen molar-refractivity contribution < 1.29 is 14.4 Å². The largest absolute Gasteiger partial charge is 0.496 e. The molecule has 0 bridgehead atoms. The van der Waals surface area contributed by atoms with E-state index >= 15 is 0 Å². The summed E-state index contributed by atoms with van der Waals surface area (Å²) in [5, 5.41) is 0.747. The van der Waals surface area contributed by atoms with Gasteiger partial charge in [0.15, 0.2) is 0 Å². The summed E-state index contributed by atoms with van der Waals surface area (Å²) in [6.07, 6.45) is 9.86. The summed E-state index contributed by atoms with van der Waals surface area (Å²) in [6.45, 7) is 4.24. The van der Waals surface area contributed by atoms with Gasteiger partial charge in [0.1, 0.15) is 35.4 Å². The molecule has 0 spiro atoms. The minimum atomic E-state index is -0.234. The molecule has 2 N–H and O–H groups in total. The molecule has 4 rings (SSSR count). The summed E-state index contributed by atoms with van der Waals surface area (Å²) in [6, 6.07) is 2.00. The molecule has 3 aromatic rings. The molecule has 0 aromatic carbocycles. The Bertz CT molecular complexity index is 1260. The number of methoxy groups -OCH3 is 1. The predicted octanol–water partition coefficient (Wildman–Crippen LogP) is 3.61. The van der Waals surface area contributed by atoms with Crippen LogP contribution in [0.1, 0.15) is 60.3 Å². The molecule has 0 aliphatic heterocycles. The number of fused-ring (bicyclic) bond motifs is 1. The SMILES string of the molecule is COc1cc(C)[nH]c(=O)c1C[NH+](C)C(=O)c1cn(C(C)C2CCC(I)(I)CC2)c2ncncc12. The lowest BCUT2D eigenvalue weighted by Crippen LogP contribution is -3.10. The Labute approximate surface area is 226 Å². The van der Waals surface area contributed by atoms with Crippen LogP contribution >= 0.6 is 45.2 Å². The highest BCUT2D eigenvalue weighted by molar-refractivity contribution is 14.2. The Morgan fingerprint density at radius 2 is 2.09 bits per heavy atom. The minimum Gasteiger partial charge on any atom is -0.496 e. The Kier molecular flexibility index (Phi) is 7.67. The number of alkyl halides is 2. The number of amides is 1. The topological polar surface area (TPSA) is 94.3 Å². The first-order valence-corrected chi connectivity index (χ1v) is 13.6. The van der Waals surface area contributed by atoms with Gasteiger partial charge in [-0.2, -0.15) is 0 Å². The Morgan fingerprint density at radius 3 is 2.76 bits per heavy atom. The number of aryl methyl sites for hydroxylation is 1. The van der Waals surface area contributed by atoms with Gasteiger partial charge in [0.25, 0.3) is 5.56 Å². The fourth-order valence-electron chi connectivity index (χ4n) is 4.86. The highest BCUT2D eigenvalue weighted by Crippen LogP contribution is 2.47. The van der Waals surface area contributed by atoms with Crippen molar-refractivity contribution in [3.63, 3.8) is 0 Å². The van der Waals surface area contributed by atoms with Crippen LogP contribution in [0.25, 0.3) is 11.0 Å². The highest BCUT2D eigenvalue weighted by Gasteiger charge is 2.34. The molecule has 3 heterocycles. The van der Waals surface area contributed by atoms with Crippen molar-refractivity contribution >= 4 is 62.1 Å². The summed E-state index contributed by atoms with van der Waals surface area (Å²) < 4.78 is 7.90. The fourth-order valence-corrected chi connectivity index (χ4v) is 6.11. The van der Waals surface area contributed by atoms with Crippen LogP contribution < -0.4 is 15.2 Å². The number of halogens is 2. The first-order chi connectivity index (χ1) is 16.1. The summed E-state index contributed by atoms with van der Waals surface area (Å²) in [4.78, 5) is 38.2. The number of aromatic nitrogens is 4. The number of H-pyrrole nitrogens is 1. The van der Waals surface area contributed by atoms with E-state index in [1.807, 2.05) is 6.20 Å². The van der Waals surface area contributed by atoms with Gasteiger partial charge in [0, 0.05) is 24.1 Å². The first-order valence-electron chi connectivity index (χ1n) is 11.4. The van der Waals surface area contributed by atoms with Crippen molar-refractivity contribution in [1.82, 2.24) is 19.5 Å². The molecule has 182 valence electrons. The molecular formula is C24H30I2N5O3+. The zero-order valence-corrected chi connectivity index (χ0v) is 24.1. The highest BCUT2D eigenvalue weighted by atomic mass is 127. The first kappa shape index (κ1) is 25.5. The third-order valence-electron chi connectivity index (χ3n) is 6.90. The van der Waals surface area contributed by atoms with Crippen molar-refractivity contribution in [3.8, 4) is 5.75 Å². The van der Waals surface area contributed by atoms with Crippen LogP contribution in [0.4, 0.5) is 0 Å². The third-order valence-corrected chi connectivity index (χ3v) is 9.06. The number of quaternary nitrogens is 1. The molecule has 1 aliphatic rings. The lowest BCUT2D eigenvalue weighted by molar-refractivity contribution is -0.806. The van der Waals surface area contributed by atoms with Crippen LogP contribution in [0.3, 0.4) is 0 Å². The van der Waals surface area contributed by atoms with Crippen molar-refractivity contribution in [3.05, 3.63) is 52.0 Å². The van der Waals surface area contributed by atoms with E-state index in [4.69, 9.17) is 4.74 Å². The van der Waals surface area contributed by atoms with Crippen LogP contribution in [-0.2, 0) is 6.54 Å². The van der Waals surface area contributed by atoms with Crippen LogP contribution in [0, 0.1) is 12.8 Å². The average Bonchev–Trinajstić information content (AvgIpc) is 3.19. The third kappa shape index (κ3) is 5.18. The van der Waals surface area contributed by atoms with Crippen molar-refractivity contribution in [2.45, 2.75) is 53.5 Å². The number of nitrogens with zero attached hydrogens (tertiary/aromatic N) is 3. The van der Waals surface area contributed by atoms with Crippen LogP contribution in [-0.4, -0.2) is 41.0 Å². The standard InChI is InChI=1S/C24H29I2N5O3/c1-14-9-20(34-4)19(22(32)29-14)11-30(3)23(33)18-12-31(21-17(18)10-27-13-28-21)15(2)16-5-7-24(25,26)8-6-16/h9-10,12-13,15-16H,5-8,11H2,1-4H3,(H,29,32)/p+1. The molecule has 8 nitrogen and oxygen atoms in total. The van der Waals surface area contributed by atoms with Gasteiger partial charge >= 0.3 is 5.91 Å². The summed E-state index contributed by atoms with van der Waals surface area (Å²) in [7, 11) is 3.31. The number of rotatable bonds is 6. The molecule has 0 radical (unpaired) electrons. The van der Waals surface area contributed by atoms with E-state index in [2.05, 4.69) is 71.6 Å². The number of pyridine rings is 1. The quantitative estimate of drug-likeness (QED) is 0.305. The summed E-state index contributed by atoms with van der Waals surface area (Å²) in [5.41, 5.74) is 2.30. The van der Waals surface area contributed by atoms with E-state index in [0.717, 1.165) is 23.9 Å². The number of ether oxygens (including phenoxy) is 1. The Balaban J connectivity index is 1.64. The van der Waals surface area contributed by atoms with Crippen LogP contribution in [0.15, 0.2) is 29.6 Å². The molecule has 1 aliphatic carbocycles. The van der Waals surface area contributed by atoms with E-state index in [1.165, 1.54) is 26.3 Å². The number of nitrogens with one attached hydrogen (secondary N) is 2. The van der Waals surface area contributed by atoms with Crippen molar-refractivity contribution in [2.24, 2.45) is 5.92 Å². The van der Waals surface area contributed by atoms with E-state index < -0.39 is 0 Å². The van der Waals surface area contributed by atoms with Gasteiger partial charge in [0.2, 0.25) is 0 Å². The maximum atomic E-state index is 13.6. The average molecular weight is 690 g/mol. The zero-order chi connectivity index (χ0) is 24.6. The van der Waals surface area contributed by atoms with Gasteiger partial charge < -0.3 is 14.3 Å². The smallest absolute Gasteiger partial charge is 0.346 e. The molecule has 1 amide bonds. The van der Waals surface area contributed by atoms with Gasteiger partial charge in [-0.05, 0) is 51.5 Å². The molecule has 3 aromatic heterocycles. The van der Waals surface area contributed by atoms with Crippen molar-refractivity contribution in [1.29, 1.82) is 0 Å². The number of carbonyl (C=O) groups is 1. The number of aromatic amines is 1. The summed E-state index contributed by atoms with van der Waals surface area (Å²) >= 11 is 5.14. The normalized spacial score (nSPS) is 18.1. The molecule has 10 heteroatoms. The van der Waals surface area contributed by atoms with Crippen LogP contribution in [0.5, 0.6) is 5.75 Å². The number of hydrogen-bond acceptors (Lipinski definition) is 5. The molecule has 1 fully saturated rings. The minimum absolute atomic E-state index is 0.102. The number of carbonyl (C=O) groups excluding carboxylic acids is 1. The summed E-state index contributed by atoms with van der Waals surface area (Å²) in [5.74, 6) is 0.924. The number of hydrogen-bond donors (Lipinski definition) is 2. The molecule has 2 unspecified atom stereocenters. The van der Waals surface area contributed by atoms with Crippen molar-refractivity contribution in [2.75, 3.05) is 14.2 Å². The van der Waals surface area contributed by atoms with Gasteiger partial charge in [-0.25, -0.2) is 14.8 Å².